The third-order valence-corrected chi connectivity index (χ3v) is 9.53. The lowest BCUT2D eigenvalue weighted by molar-refractivity contribution is 0.210. The maximum absolute atomic E-state index is 14.7. The molecule has 202 valence electrons. The topological polar surface area (TPSA) is 93.7 Å². The van der Waals surface area contributed by atoms with Crippen LogP contribution in [0.2, 0.25) is 0 Å². The van der Waals surface area contributed by atoms with Gasteiger partial charge in [0.2, 0.25) is 10.0 Å². The molecule has 1 saturated heterocycles. The number of benzene rings is 1. The molecule has 2 aliphatic rings. The fraction of sp³-hybridized carbons (Fsp3) is 0.520. The van der Waals surface area contributed by atoms with Gasteiger partial charge in [-0.25, -0.2) is 27.1 Å². The number of nitrogens with one attached hydrogen (secondary N) is 1. The Hall–Kier alpha value is -1.95. The van der Waals surface area contributed by atoms with Gasteiger partial charge in [-0.2, -0.15) is 0 Å². The van der Waals surface area contributed by atoms with Gasteiger partial charge in [-0.15, -0.1) is 0 Å². The van der Waals surface area contributed by atoms with E-state index in [2.05, 4.69) is 38.1 Å². The molecule has 0 saturated carbocycles. The molecular formula is C25H31BrClFN4O4S. The summed E-state index contributed by atoms with van der Waals surface area (Å²) < 4.78 is 52.3. The van der Waals surface area contributed by atoms with Crippen LogP contribution >= 0.6 is 27.5 Å². The van der Waals surface area contributed by atoms with Crippen LogP contribution in [0.15, 0.2) is 39.9 Å². The minimum atomic E-state index is -3.15. The number of ether oxygens (including phenoxy) is 2. The lowest BCUT2D eigenvalue weighted by Crippen LogP contribution is -2.28. The van der Waals surface area contributed by atoms with Crippen LogP contribution in [-0.2, 0) is 10.0 Å². The number of fused-ring (bicyclic) bond motifs is 1. The van der Waals surface area contributed by atoms with Crippen LogP contribution < -0.4 is 14.8 Å². The van der Waals surface area contributed by atoms with Crippen molar-refractivity contribution in [2.24, 2.45) is 11.8 Å². The van der Waals surface area contributed by atoms with E-state index < -0.39 is 21.9 Å². The van der Waals surface area contributed by atoms with Gasteiger partial charge in [0.1, 0.15) is 18.0 Å². The molecule has 2 heterocycles. The van der Waals surface area contributed by atoms with Gasteiger partial charge in [-0.05, 0) is 53.1 Å². The van der Waals surface area contributed by atoms with Gasteiger partial charge in [0, 0.05) is 29.0 Å². The first kappa shape index (κ1) is 28.1. The van der Waals surface area contributed by atoms with Crippen LogP contribution in [0.3, 0.4) is 0 Å². The molecule has 12 heteroatoms. The number of allylic oxidation sites excluding steroid dienone is 2. The summed E-state index contributed by atoms with van der Waals surface area (Å²) in [5, 5.41) is 3.85. The van der Waals surface area contributed by atoms with E-state index >= 15 is 0 Å². The summed E-state index contributed by atoms with van der Waals surface area (Å²) in [7, 11) is -1.59. The van der Waals surface area contributed by atoms with Crippen LogP contribution in [0.5, 0.6) is 11.5 Å². The molecule has 1 aromatic heterocycles. The molecule has 0 spiro atoms. The summed E-state index contributed by atoms with van der Waals surface area (Å²) >= 11 is 9.33. The van der Waals surface area contributed by atoms with Gasteiger partial charge < -0.3 is 14.8 Å². The van der Waals surface area contributed by atoms with Crippen molar-refractivity contribution in [3.8, 4) is 11.5 Å². The monoisotopic (exact) mass is 616 g/mol. The zero-order chi connectivity index (χ0) is 26.7. The number of anilines is 1. The van der Waals surface area contributed by atoms with E-state index in [-0.39, 0.29) is 11.0 Å². The molecule has 8 nitrogen and oxygen atoms in total. The minimum absolute atomic E-state index is 0.0440. The first-order valence-electron chi connectivity index (χ1n) is 12.2. The lowest BCUT2D eigenvalue weighted by Gasteiger charge is -2.22. The Morgan fingerprint density at radius 2 is 2.11 bits per heavy atom. The Labute approximate surface area is 230 Å². The van der Waals surface area contributed by atoms with Crippen molar-refractivity contribution in [3.63, 3.8) is 0 Å². The van der Waals surface area contributed by atoms with E-state index in [1.165, 1.54) is 12.6 Å². The van der Waals surface area contributed by atoms with Gasteiger partial charge in [0.25, 0.3) is 0 Å². The summed E-state index contributed by atoms with van der Waals surface area (Å²) in [6.45, 7) is 3.73. The second-order valence-corrected chi connectivity index (χ2v) is 12.7. The number of hydrogen-bond donors (Lipinski definition) is 1. The zero-order valence-electron chi connectivity index (χ0n) is 21.0. The van der Waals surface area contributed by atoms with Crippen molar-refractivity contribution in [1.29, 1.82) is 0 Å². The number of sulfonamides is 1. The summed E-state index contributed by atoms with van der Waals surface area (Å²) in [5.74, 6) is 1.67. The Morgan fingerprint density at radius 1 is 1.32 bits per heavy atom. The molecule has 1 aromatic carbocycles. The number of hydrogen-bond acceptors (Lipinski definition) is 7. The van der Waals surface area contributed by atoms with Crippen LogP contribution in [0.4, 0.5) is 10.2 Å². The largest absolute Gasteiger partial charge is 0.493 e. The smallest absolute Gasteiger partial charge is 0.211 e. The maximum atomic E-state index is 14.7. The van der Waals surface area contributed by atoms with Gasteiger partial charge >= 0.3 is 0 Å². The van der Waals surface area contributed by atoms with E-state index in [1.807, 2.05) is 6.08 Å². The van der Waals surface area contributed by atoms with Gasteiger partial charge in [0.05, 0.1) is 36.6 Å². The molecule has 2 aromatic rings. The summed E-state index contributed by atoms with van der Waals surface area (Å²) in [5.41, 5.74) is 0.629. The third kappa shape index (κ3) is 6.55. The van der Waals surface area contributed by atoms with Crippen molar-refractivity contribution in [2.45, 2.75) is 38.6 Å². The normalized spacial score (nSPS) is 21.7. The maximum Gasteiger partial charge on any atom is 0.211 e. The quantitative estimate of drug-likeness (QED) is 0.371. The Kier molecular flexibility index (Phi) is 8.98. The third-order valence-electron chi connectivity index (χ3n) is 6.93. The van der Waals surface area contributed by atoms with Crippen molar-refractivity contribution in [3.05, 3.63) is 39.9 Å². The van der Waals surface area contributed by atoms with E-state index in [4.69, 9.17) is 21.1 Å². The Morgan fingerprint density at radius 3 is 2.78 bits per heavy atom. The highest BCUT2D eigenvalue weighted by Gasteiger charge is 2.30. The van der Waals surface area contributed by atoms with E-state index in [0.717, 1.165) is 19.3 Å². The van der Waals surface area contributed by atoms with Gasteiger partial charge in [-0.3, -0.25) is 0 Å². The molecular weight excluding hydrogens is 587 g/mol. The molecule has 4 rings (SSSR count). The second-order valence-electron chi connectivity index (χ2n) is 9.49. The molecule has 2 unspecified atom stereocenters. The first-order valence-corrected chi connectivity index (χ1v) is 15.2. The number of halogens is 3. The average molecular weight is 618 g/mol. The molecule has 37 heavy (non-hydrogen) atoms. The van der Waals surface area contributed by atoms with Crippen LogP contribution in [0.25, 0.3) is 10.9 Å². The molecule has 1 fully saturated rings. The molecule has 0 bridgehead atoms. The number of methoxy groups -OCH3 is 1. The van der Waals surface area contributed by atoms with E-state index in [0.29, 0.717) is 64.7 Å². The highest BCUT2D eigenvalue weighted by atomic mass is 79.9. The molecule has 0 amide bonds. The number of nitrogens with zero attached hydrogens (tertiary/aromatic N) is 3. The lowest BCUT2D eigenvalue weighted by atomic mass is 9.92. The van der Waals surface area contributed by atoms with Gasteiger partial charge in [-0.1, -0.05) is 31.0 Å². The summed E-state index contributed by atoms with van der Waals surface area (Å²) in [4.78, 5) is 8.70. The zero-order valence-corrected chi connectivity index (χ0v) is 24.2. The predicted molar refractivity (Wildman–Crippen MR) is 148 cm³/mol. The van der Waals surface area contributed by atoms with Gasteiger partial charge in [0.15, 0.2) is 11.5 Å². The van der Waals surface area contributed by atoms with Crippen LogP contribution in [0.1, 0.15) is 32.6 Å². The number of aromatic nitrogens is 2. The van der Waals surface area contributed by atoms with Crippen LogP contribution in [-0.4, -0.2) is 61.8 Å². The molecule has 1 N–H and O–H groups in total. The van der Waals surface area contributed by atoms with Crippen molar-refractivity contribution in [2.75, 3.05) is 38.4 Å². The summed E-state index contributed by atoms with van der Waals surface area (Å²) in [6.07, 6.45) is 7.57. The molecule has 0 radical (unpaired) electrons. The Bertz CT molecular complexity index is 1320. The standard InChI is InChI=1S/C25H31BrClFN4O4S/c1-4-15(9-16-7-8-32(12-16)37(3,33)34)13-36-22-11-20-17(10-21(22)35-2)25(30-14-29-20)31-19-6-5-18(26)23(27)24(19)28/h5,10-11,14-16,19H,4,6-9,12-13H2,1-3H3,(H,29,30,31)/t15?,16-,19?/m1/s1. The number of rotatable bonds is 10. The van der Waals surface area contributed by atoms with Crippen molar-refractivity contribution in [1.82, 2.24) is 14.3 Å². The van der Waals surface area contributed by atoms with Crippen LogP contribution in [0, 0.1) is 11.8 Å². The van der Waals surface area contributed by atoms with E-state index in [1.54, 1.807) is 23.5 Å². The highest BCUT2D eigenvalue weighted by molar-refractivity contribution is 9.12. The van der Waals surface area contributed by atoms with Crippen molar-refractivity contribution < 1.29 is 22.3 Å². The van der Waals surface area contributed by atoms with E-state index in [9.17, 15) is 12.8 Å². The predicted octanol–water partition coefficient (Wildman–Crippen LogP) is 5.60. The summed E-state index contributed by atoms with van der Waals surface area (Å²) in [6, 6.07) is 2.94. The first-order chi connectivity index (χ1) is 17.6. The Balaban J connectivity index is 1.48. The fourth-order valence-corrected chi connectivity index (χ4v) is 6.25. The fourth-order valence-electron chi connectivity index (χ4n) is 4.74. The SMILES string of the molecule is CCC(COc1cc2ncnc(NC3CC=C(Br)C(Cl)=C3F)c2cc1OC)C[C@H]1CCN(S(C)(=O)=O)C1. The minimum Gasteiger partial charge on any atom is -0.493 e. The molecule has 3 atom stereocenters. The molecule has 1 aliphatic heterocycles. The second kappa shape index (κ2) is 11.8. The molecule has 1 aliphatic carbocycles. The highest BCUT2D eigenvalue weighted by Crippen LogP contribution is 2.38. The van der Waals surface area contributed by atoms with Crippen molar-refractivity contribution >= 4 is 54.3 Å². The average Bonchev–Trinajstić information content (AvgIpc) is 3.35.